The number of amides is 1. The third kappa shape index (κ3) is 5.34. The van der Waals surface area contributed by atoms with Crippen LogP contribution in [0.1, 0.15) is 0 Å². The van der Waals surface area contributed by atoms with E-state index in [2.05, 4.69) is 19.7 Å². The summed E-state index contributed by atoms with van der Waals surface area (Å²) < 4.78 is 47.4. The molecule has 0 unspecified atom stereocenters. The zero-order valence-electron chi connectivity index (χ0n) is 17.0. The lowest BCUT2D eigenvalue weighted by Gasteiger charge is -2.35. The summed E-state index contributed by atoms with van der Waals surface area (Å²) in [4.78, 5) is 28.3. The summed E-state index contributed by atoms with van der Waals surface area (Å²) in [5.41, 5.74) is 0.694. The molecule has 1 fully saturated rings. The van der Waals surface area contributed by atoms with E-state index in [4.69, 9.17) is 4.74 Å². The van der Waals surface area contributed by atoms with Crippen molar-refractivity contribution < 1.29 is 27.4 Å². The standard InChI is InChI=1S/C21H20F3N5O3/c22-21(23,24)13-32-18-11-17(26-14-27-18)28-7-9-29(10-8-28)19(30)12-31-16-5-1-3-15-4-2-6-25-20(15)16/h1-6,11,14H,7-10,12-13H2. The van der Waals surface area contributed by atoms with Crippen LogP contribution in [0.5, 0.6) is 11.6 Å². The van der Waals surface area contributed by atoms with E-state index >= 15 is 0 Å². The molecule has 1 amide bonds. The quantitative estimate of drug-likeness (QED) is 0.575. The highest BCUT2D eigenvalue weighted by Crippen LogP contribution is 2.23. The van der Waals surface area contributed by atoms with Gasteiger partial charge < -0.3 is 19.3 Å². The van der Waals surface area contributed by atoms with Crippen LogP contribution in [0.15, 0.2) is 48.9 Å². The zero-order chi connectivity index (χ0) is 22.6. The first-order valence-corrected chi connectivity index (χ1v) is 9.90. The molecule has 3 aromatic rings. The maximum atomic E-state index is 12.6. The first-order chi connectivity index (χ1) is 15.4. The number of anilines is 1. The number of carbonyl (C=O) groups is 1. The molecule has 3 heterocycles. The van der Waals surface area contributed by atoms with Crippen molar-refractivity contribution in [1.29, 1.82) is 0 Å². The maximum Gasteiger partial charge on any atom is 0.422 e. The normalized spacial score (nSPS) is 14.5. The second kappa shape index (κ2) is 9.25. The SMILES string of the molecule is O=C(COc1cccc2cccnc12)N1CCN(c2cc(OCC(F)(F)F)ncn2)CC1. The Bertz CT molecular complexity index is 1080. The molecule has 0 N–H and O–H groups in total. The minimum Gasteiger partial charge on any atom is -0.481 e. The molecule has 1 aliphatic heterocycles. The van der Waals surface area contributed by atoms with Crippen LogP contribution in [-0.2, 0) is 4.79 Å². The third-order valence-electron chi connectivity index (χ3n) is 4.91. The van der Waals surface area contributed by atoms with Gasteiger partial charge in [-0.2, -0.15) is 13.2 Å². The van der Waals surface area contributed by atoms with Gasteiger partial charge in [-0.1, -0.05) is 18.2 Å². The van der Waals surface area contributed by atoms with Crippen LogP contribution in [0.2, 0.25) is 0 Å². The lowest BCUT2D eigenvalue weighted by Crippen LogP contribution is -2.50. The average molecular weight is 447 g/mol. The van der Waals surface area contributed by atoms with Crippen LogP contribution in [0.25, 0.3) is 10.9 Å². The molecule has 1 saturated heterocycles. The van der Waals surface area contributed by atoms with Crippen LogP contribution in [0, 0.1) is 0 Å². The summed E-state index contributed by atoms with van der Waals surface area (Å²) in [5.74, 6) is 0.683. The van der Waals surface area contributed by atoms with Crippen molar-refractivity contribution in [1.82, 2.24) is 19.9 Å². The molecule has 0 bridgehead atoms. The number of pyridine rings is 1. The highest BCUT2D eigenvalue weighted by atomic mass is 19.4. The third-order valence-corrected chi connectivity index (χ3v) is 4.91. The van der Waals surface area contributed by atoms with Gasteiger partial charge in [0.2, 0.25) is 5.88 Å². The van der Waals surface area contributed by atoms with Gasteiger partial charge in [-0.3, -0.25) is 9.78 Å². The number of para-hydroxylation sites is 1. The molecule has 8 nitrogen and oxygen atoms in total. The second-order valence-corrected chi connectivity index (χ2v) is 7.11. The predicted octanol–water partition coefficient (Wildman–Crippen LogP) is 2.69. The van der Waals surface area contributed by atoms with E-state index in [9.17, 15) is 18.0 Å². The summed E-state index contributed by atoms with van der Waals surface area (Å²) in [6, 6.07) is 10.6. The van der Waals surface area contributed by atoms with Crippen molar-refractivity contribution in [3.05, 3.63) is 48.9 Å². The van der Waals surface area contributed by atoms with Crippen LogP contribution < -0.4 is 14.4 Å². The van der Waals surface area contributed by atoms with Crippen molar-refractivity contribution in [2.75, 3.05) is 44.3 Å². The number of hydrogen-bond acceptors (Lipinski definition) is 7. The van der Waals surface area contributed by atoms with Gasteiger partial charge in [0, 0.05) is 43.8 Å². The van der Waals surface area contributed by atoms with Crippen LogP contribution >= 0.6 is 0 Å². The van der Waals surface area contributed by atoms with E-state index in [0.29, 0.717) is 43.3 Å². The average Bonchev–Trinajstić information content (AvgIpc) is 2.81. The van der Waals surface area contributed by atoms with Gasteiger partial charge >= 0.3 is 6.18 Å². The Balaban J connectivity index is 1.30. The molecule has 0 atom stereocenters. The van der Waals surface area contributed by atoms with Gasteiger partial charge in [0.25, 0.3) is 5.91 Å². The highest BCUT2D eigenvalue weighted by Gasteiger charge is 2.29. The zero-order valence-corrected chi connectivity index (χ0v) is 17.0. The topological polar surface area (TPSA) is 80.7 Å². The molecule has 4 rings (SSSR count). The largest absolute Gasteiger partial charge is 0.481 e. The van der Waals surface area contributed by atoms with E-state index < -0.39 is 12.8 Å². The molecule has 0 aliphatic carbocycles. The highest BCUT2D eigenvalue weighted by molar-refractivity contribution is 5.85. The first kappa shape index (κ1) is 21.6. The number of ether oxygens (including phenoxy) is 2. The number of hydrogen-bond donors (Lipinski definition) is 0. The van der Waals surface area contributed by atoms with Crippen molar-refractivity contribution >= 4 is 22.6 Å². The molecule has 2 aromatic heterocycles. The Morgan fingerprint density at radius 3 is 2.56 bits per heavy atom. The first-order valence-electron chi connectivity index (χ1n) is 9.90. The smallest absolute Gasteiger partial charge is 0.422 e. The Morgan fingerprint density at radius 2 is 1.78 bits per heavy atom. The van der Waals surface area contributed by atoms with Gasteiger partial charge in [-0.25, -0.2) is 9.97 Å². The molecule has 1 aliphatic rings. The number of rotatable bonds is 6. The maximum absolute atomic E-state index is 12.6. The lowest BCUT2D eigenvalue weighted by molar-refractivity contribution is -0.154. The number of aromatic nitrogens is 3. The Morgan fingerprint density at radius 1 is 1.00 bits per heavy atom. The molecule has 168 valence electrons. The van der Waals surface area contributed by atoms with Crippen molar-refractivity contribution in [2.24, 2.45) is 0 Å². The number of alkyl halides is 3. The van der Waals surface area contributed by atoms with Gasteiger partial charge in [0.05, 0.1) is 0 Å². The fraction of sp³-hybridized carbons (Fsp3) is 0.333. The molecule has 32 heavy (non-hydrogen) atoms. The van der Waals surface area contributed by atoms with Crippen LogP contribution in [0.3, 0.4) is 0 Å². The van der Waals surface area contributed by atoms with E-state index in [-0.39, 0.29) is 18.4 Å². The summed E-state index contributed by atoms with van der Waals surface area (Å²) in [7, 11) is 0. The summed E-state index contributed by atoms with van der Waals surface area (Å²) in [6.45, 7) is 0.266. The van der Waals surface area contributed by atoms with E-state index in [0.717, 1.165) is 11.7 Å². The van der Waals surface area contributed by atoms with Gasteiger partial charge in [-0.05, 0) is 12.1 Å². The number of fused-ring (bicyclic) bond motifs is 1. The predicted molar refractivity (Wildman–Crippen MR) is 110 cm³/mol. The fourth-order valence-electron chi connectivity index (χ4n) is 3.35. The van der Waals surface area contributed by atoms with Crippen LogP contribution in [-0.4, -0.2) is 71.3 Å². The summed E-state index contributed by atoms with van der Waals surface area (Å²) >= 11 is 0. The Hall–Kier alpha value is -3.63. The van der Waals surface area contributed by atoms with Crippen molar-refractivity contribution in [3.8, 4) is 11.6 Å². The minimum atomic E-state index is -4.44. The number of benzene rings is 1. The van der Waals surface area contributed by atoms with Gasteiger partial charge in [-0.15, -0.1) is 0 Å². The summed E-state index contributed by atoms with van der Waals surface area (Å²) in [6.07, 6.45) is -1.62. The number of piperazine rings is 1. The Labute approximate surface area is 181 Å². The van der Waals surface area contributed by atoms with Crippen molar-refractivity contribution in [3.63, 3.8) is 0 Å². The van der Waals surface area contributed by atoms with E-state index in [1.54, 1.807) is 17.2 Å². The molecular formula is C21H20F3N5O3. The second-order valence-electron chi connectivity index (χ2n) is 7.11. The van der Waals surface area contributed by atoms with Gasteiger partial charge in [0.15, 0.2) is 13.2 Å². The van der Waals surface area contributed by atoms with Crippen molar-refractivity contribution in [2.45, 2.75) is 6.18 Å². The molecule has 0 spiro atoms. The number of halogens is 3. The monoisotopic (exact) mass is 447 g/mol. The van der Waals surface area contributed by atoms with E-state index in [1.807, 2.05) is 29.2 Å². The molecular weight excluding hydrogens is 427 g/mol. The summed E-state index contributed by atoms with van der Waals surface area (Å²) in [5, 5.41) is 0.925. The number of carbonyl (C=O) groups excluding carboxylic acids is 1. The van der Waals surface area contributed by atoms with Crippen LogP contribution in [0.4, 0.5) is 19.0 Å². The molecule has 0 radical (unpaired) electrons. The van der Waals surface area contributed by atoms with E-state index in [1.165, 1.54) is 6.07 Å². The van der Waals surface area contributed by atoms with Gasteiger partial charge in [0.1, 0.15) is 23.4 Å². The molecule has 0 saturated carbocycles. The minimum absolute atomic E-state index is 0.112. The lowest BCUT2D eigenvalue weighted by atomic mass is 10.2. The molecule has 11 heteroatoms. The number of nitrogens with zero attached hydrogens (tertiary/aromatic N) is 5. The molecule has 1 aromatic carbocycles. The Kier molecular flexibility index (Phi) is 6.24. The fourth-order valence-corrected chi connectivity index (χ4v) is 3.35.